The van der Waals surface area contributed by atoms with Crippen LogP contribution in [0.5, 0.6) is 0 Å². The molecule has 0 aliphatic heterocycles. The number of hydrogen-bond donors (Lipinski definition) is 1. The zero-order valence-corrected chi connectivity index (χ0v) is 13.3. The second kappa shape index (κ2) is 6.11. The van der Waals surface area contributed by atoms with Gasteiger partial charge in [-0.1, -0.05) is 0 Å². The Kier molecular flexibility index (Phi) is 4.55. The van der Waals surface area contributed by atoms with Crippen LogP contribution in [0.4, 0.5) is 22.0 Å². The highest BCUT2D eigenvalue weighted by Crippen LogP contribution is 2.60. The van der Waals surface area contributed by atoms with Crippen LogP contribution in [0, 0.1) is 23.2 Å². The van der Waals surface area contributed by atoms with E-state index < -0.39 is 31.2 Å². The molecule has 0 saturated heterocycles. The van der Waals surface area contributed by atoms with Crippen molar-refractivity contribution in [2.45, 2.75) is 50.6 Å². The Hall–Kier alpha value is -0.920. The second-order valence-electron chi connectivity index (χ2n) is 7.92. The van der Waals surface area contributed by atoms with Gasteiger partial charge in [-0.15, -0.1) is 0 Å². The summed E-state index contributed by atoms with van der Waals surface area (Å²) in [6.45, 7) is -2.97. The molecule has 4 aliphatic carbocycles. The van der Waals surface area contributed by atoms with Gasteiger partial charge in [0.05, 0.1) is 19.7 Å². The lowest BCUT2D eigenvalue weighted by Gasteiger charge is -2.56. The first-order valence-electron chi connectivity index (χ1n) is 8.39. The van der Waals surface area contributed by atoms with Gasteiger partial charge in [-0.25, -0.2) is 4.79 Å². The highest BCUT2D eigenvalue weighted by molar-refractivity contribution is 5.77. The fraction of sp³-hybridized carbons (Fsp3) is 0.938. The van der Waals surface area contributed by atoms with Crippen LogP contribution in [-0.2, 0) is 9.53 Å². The van der Waals surface area contributed by atoms with Gasteiger partial charge in [-0.05, 0) is 56.3 Å². The van der Waals surface area contributed by atoms with E-state index in [4.69, 9.17) is 4.74 Å². The van der Waals surface area contributed by atoms with Crippen molar-refractivity contribution < 1.29 is 31.5 Å². The molecule has 3 nitrogen and oxygen atoms in total. The molecule has 0 spiro atoms. The number of alkyl halides is 5. The van der Waals surface area contributed by atoms with Gasteiger partial charge < -0.3 is 10.1 Å². The Morgan fingerprint density at radius 1 is 0.958 bits per heavy atom. The zero-order valence-electron chi connectivity index (χ0n) is 13.3. The summed E-state index contributed by atoms with van der Waals surface area (Å²) in [5.41, 5.74) is -0.195. The summed E-state index contributed by atoms with van der Waals surface area (Å²) >= 11 is 0. The maximum Gasteiger partial charge on any atom is 0.401 e. The van der Waals surface area contributed by atoms with Crippen molar-refractivity contribution >= 4 is 5.97 Å². The highest BCUT2D eigenvalue weighted by Gasteiger charge is 2.52. The number of rotatable bonds is 6. The van der Waals surface area contributed by atoms with Crippen molar-refractivity contribution in [3.05, 3.63) is 0 Å². The van der Waals surface area contributed by atoms with Crippen LogP contribution in [0.15, 0.2) is 0 Å². The van der Waals surface area contributed by atoms with Crippen LogP contribution in [-0.4, -0.2) is 37.8 Å². The molecule has 4 saturated carbocycles. The van der Waals surface area contributed by atoms with Crippen molar-refractivity contribution in [3.8, 4) is 0 Å². The van der Waals surface area contributed by atoms with Crippen molar-refractivity contribution in [2.24, 2.45) is 23.2 Å². The van der Waals surface area contributed by atoms with Crippen molar-refractivity contribution in [1.29, 1.82) is 0 Å². The molecular weight excluding hydrogens is 333 g/mol. The molecule has 0 radical (unpaired) electrons. The Labute approximate surface area is 137 Å². The van der Waals surface area contributed by atoms with Gasteiger partial charge in [0.15, 0.2) is 0 Å². The molecule has 4 rings (SSSR count). The number of halogens is 5. The van der Waals surface area contributed by atoms with Crippen LogP contribution in [0.2, 0.25) is 0 Å². The van der Waals surface area contributed by atoms with Gasteiger partial charge in [0, 0.05) is 5.41 Å². The first-order chi connectivity index (χ1) is 11.1. The normalized spacial score (nSPS) is 35.3. The molecule has 0 aromatic carbocycles. The standard InChI is InChI=1S/C16H22F5NO2/c17-15(18,7-22-8-16(19,20)21)13(23)24-9-14-4-10-1-11(5-14)3-12(2-10)6-14/h10-12,22H,1-9H2. The van der Waals surface area contributed by atoms with Gasteiger partial charge in [0.25, 0.3) is 0 Å². The topological polar surface area (TPSA) is 38.3 Å². The van der Waals surface area contributed by atoms with Gasteiger partial charge in [0.2, 0.25) is 0 Å². The summed E-state index contributed by atoms with van der Waals surface area (Å²) in [5, 5.41) is 1.56. The third-order valence-corrected chi connectivity index (χ3v) is 5.65. The molecule has 0 unspecified atom stereocenters. The van der Waals surface area contributed by atoms with Crippen molar-refractivity contribution in [3.63, 3.8) is 0 Å². The maximum atomic E-state index is 13.6. The van der Waals surface area contributed by atoms with Gasteiger partial charge >= 0.3 is 18.1 Å². The van der Waals surface area contributed by atoms with E-state index in [9.17, 15) is 26.7 Å². The predicted octanol–water partition coefficient (Wildman–Crippen LogP) is 3.53. The van der Waals surface area contributed by atoms with E-state index in [0.717, 1.165) is 19.3 Å². The van der Waals surface area contributed by atoms with Crippen LogP contribution < -0.4 is 5.32 Å². The summed E-state index contributed by atoms with van der Waals surface area (Å²) in [7, 11) is 0. The molecule has 0 aromatic rings. The Bertz CT molecular complexity index is 456. The molecular formula is C16H22F5NO2. The molecule has 0 heterocycles. The minimum absolute atomic E-state index is 0.0375. The van der Waals surface area contributed by atoms with E-state index in [1.165, 1.54) is 19.3 Å². The van der Waals surface area contributed by atoms with Crippen LogP contribution in [0.25, 0.3) is 0 Å². The van der Waals surface area contributed by atoms with E-state index in [2.05, 4.69) is 0 Å². The minimum atomic E-state index is -4.60. The predicted molar refractivity (Wildman–Crippen MR) is 75.4 cm³/mol. The molecule has 24 heavy (non-hydrogen) atoms. The average Bonchev–Trinajstić information content (AvgIpc) is 2.41. The Balaban J connectivity index is 1.50. The van der Waals surface area contributed by atoms with E-state index >= 15 is 0 Å². The molecule has 138 valence electrons. The molecule has 4 bridgehead atoms. The van der Waals surface area contributed by atoms with Gasteiger partial charge in [-0.2, -0.15) is 22.0 Å². The monoisotopic (exact) mass is 355 g/mol. The van der Waals surface area contributed by atoms with Crippen molar-refractivity contribution in [1.82, 2.24) is 5.32 Å². The summed E-state index contributed by atoms with van der Waals surface area (Å²) < 4.78 is 68.1. The lowest BCUT2D eigenvalue weighted by Crippen LogP contribution is -2.50. The number of hydrogen-bond acceptors (Lipinski definition) is 3. The largest absolute Gasteiger partial charge is 0.461 e. The molecule has 4 aliphatic rings. The van der Waals surface area contributed by atoms with Gasteiger partial charge in [0.1, 0.15) is 0 Å². The molecule has 4 fully saturated rings. The molecule has 0 aromatic heterocycles. The fourth-order valence-electron chi connectivity index (χ4n) is 5.22. The number of carbonyl (C=O) groups excluding carboxylic acids is 1. The third-order valence-electron chi connectivity index (χ3n) is 5.65. The number of esters is 1. The third kappa shape index (κ3) is 4.00. The van der Waals surface area contributed by atoms with Crippen LogP contribution in [0.1, 0.15) is 38.5 Å². The SMILES string of the molecule is O=C(OCC12CC3CC(CC(C3)C1)C2)C(F)(F)CNCC(F)(F)F. The summed E-state index contributed by atoms with van der Waals surface area (Å²) in [4.78, 5) is 11.6. The summed E-state index contributed by atoms with van der Waals surface area (Å²) in [5.74, 6) is -3.88. The minimum Gasteiger partial charge on any atom is -0.461 e. The Morgan fingerprint density at radius 3 is 1.92 bits per heavy atom. The number of ether oxygens (including phenoxy) is 1. The molecule has 0 amide bonds. The van der Waals surface area contributed by atoms with Crippen LogP contribution in [0.3, 0.4) is 0 Å². The first-order valence-corrected chi connectivity index (χ1v) is 8.39. The molecule has 8 heteroatoms. The number of carbonyl (C=O) groups is 1. The lowest BCUT2D eigenvalue weighted by molar-refractivity contribution is -0.182. The fourth-order valence-corrected chi connectivity index (χ4v) is 5.22. The van der Waals surface area contributed by atoms with Gasteiger partial charge in [-0.3, -0.25) is 0 Å². The van der Waals surface area contributed by atoms with E-state index in [0.29, 0.717) is 17.8 Å². The van der Waals surface area contributed by atoms with E-state index in [1.54, 1.807) is 5.32 Å². The number of nitrogens with one attached hydrogen (secondary N) is 1. The summed E-state index contributed by atoms with van der Waals surface area (Å²) in [6, 6.07) is 0. The zero-order chi connectivity index (χ0) is 17.6. The van der Waals surface area contributed by atoms with Crippen molar-refractivity contribution in [2.75, 3.05) is 19.7 Å². The maximum absolute atomic E-state index is 13.6. The quantitative estimate of drug-likeness (QED) is 0.585. The average molecular weight is 355 g/mol. The first kappa shape index (κ1) is 17.9. The second-order valence-corrected chi connectivity index (χ2v) is 7.92. The highest BCUT2D eigenvalue weighted by atomic mass is 19.4. The molecule has 1 N–H and O–H groups in total. The smallest absolute Gasteiger partial charge is 0.401 e. The lowest BCUT2D eigenvalue weighted by atomic mass is 9.50. The Morgan fingerprint density at radius 2 is 1.46 bits per heavy atom. The van der Waals surface area contributed by atoms with E-state index in [-0.39, 0.29) is 12.0 Å². The summed E-state index contributed by atoms with van der Waals surface area (Å²) in [6.07, 6.45) is 1.68. The molecule has 0 atom stereocenters. The van der Waals surface area contributed by atoms with E-state index in [1.807, 2.05) is 0 Å². The van der Waals surface area contributed by atoms with Crippen LogP contribution >= 0.6 is 0 Å².